The number of para-hydroxylation sites is 1. The molecule has 5 rings (SSSR count). The van der Waals surface area contributed by atoms with Gasteiger partial charge in [-0.3, -0.25) is 14.4 Å². The minimum Gasteiger partial charge on any atom is -0.461 e. The maximum Gasteiger partial charge on any atom is 0.408 e. The zero-order valence-electron chi connectivity index (χ0n) is 25.0. The van der Waals surface area contributed by atoms with Crippen molar-refractivity contribution in [2.75, 3.05) is 0 Å². The predicted octanol–water partition coefficient (Wildman–Crippen LogP) is 4.62. The van der Waals surface area contributed by atoms with E-state index >= 15 is 0 Å². The normalized spacial score (nSPS) is 12.1. The van der Waals surface area contributed by atoms with Crippen LogP contribution >= 0.6 is 0 Å². The summed E-state index contributed by atoms with van der Waals surface area (Å²) in [4.78, 5) is 53.1. The number of alkyl carbamates (subject to hydrolysis) is 1. The number of nitrogens with one attached hydrogen (secondary N) is 2. The van der Waals surface area contributed by atoms with Gasteiger partial charge in [0.25, 0.3) is 5.91 Å². The average molecular weight is 620 g/mol. The highest BCUT2D eigenvalue weighted by atomic mass is 16.5. The Hall–Kier alpha value is -5.84. The Balaban J connectivity index is 1.31. The number of esters is 1. The standard InChI is InChI=1S/C35H33N5O6/c41-32(45-23-26-14-6-2-7-15-26)21-20-29(34(43)40-31-19-11-10-18-28(31)38-39-40)36-33(42)30(22-25-12-4-1-5-13-25)37-35(44)46-24-27-16-8-3-9-17-27/h1-19,29-30H,20-24H2,(H,36,42)(H,37,44). The van der Waals surface area contributed by atoms with Gasteiger partial charge in [-0.2, -0.15) is 4.68 Å². The van der Waals surface area contributed by atoms with Crippen LogP contribution in [0.3, 0.4) is 0 Å². The van der Waals surface area contributed by atoms with E-state index in [0.29, 0.717) is 11.0 Å². The van der Waals surface area contributed by atoms with E-state index in [9.17, 15) is 19.2 Å². The molecule has 0 radical (unpaired) electrons. The van der Waals surface area contributed by atoms with E-state index < -0.39 is 36.0 Å². The second kappa shape index (κ2) is 15.8. The van der Waals surface area contributed by atoms with Crippen LogP contribution in [0.15, 0.2) is 115 Å². The van der Waals surface area contributed by atoms with E-state index in [2.05, 4.69) is 20.9 Å². The Morgan fingerprint density at radius 2 is 1.22 bits per heavy atom. The van der Waals surface area contributed by atoms with Crippen molar-refractivity contribution < 1.29 is 28.7 Å². The maximum atomic E-state index is 13.8. The molecule has 0 aliphatic carbocycles. The van der Waals surface area contributed by atoms with E-state index in [0.717, 1.165) is 21.4 Å². The van der Waals surface area contributed by atoms with Crippen molar-refractivity contribution >= 4 is 34.9 Å². The lowest BCUT2D eigenvalue weighted by Gasteiger charge is -2.23. The van der Waals surface area contributed by atoms with Crippen LogP contribution < -0.4 is 10.6 Å². The van der Waals surface area contributed by atoms with Crippen molar-refractivity contribution in [2.45, 2.75) is 44.6 Å². The third-order valence-electron chi connectivity index (χ3n) is 7.16. The number of carbonyl (C=O) groups excluding carboxylic acids is 4. The lowest BCUT2D eigenvalue weighted by molar-refractivity contribution is -0.145. The molecule has 1 aromatic heterocycles. The van der Waals surface area contributed by atoms with Gasteiger partial charge in [0.05, 0.1) is 5.52 Å². The minimum absolute atomic E-state index is 0.0118. The second-order valence-electron chi connectivity index (χ2n) is 10.5. The molecule has 46 heavy (non-hydrogen) atoms. The largest absolute Gasteiger partial charge is 0.461 e. The molecule has 1 heterocycles. The molecule has 2 amide bonds. The van der Waals surface area contributed by atoms with E-state index in [4.69, 9.17) is 9.47 Å². The molecule has 2 unspecified atom stereocenters. The Kier molecular flexibility index (Phi) is 10.8. The third kappa shape index (κ3) is 8.85. The summed E-state index contributed by atoms with van der Waals surface area (Å²) >= 11 is 0. The van der Waals surface area contributed by atoms with Crippen LogP contribution in [0, 0.1) is 0 Å². The summed E-state index contributed by atoms with van der Waals surface area (Å²) in [5, 5.41) is 13.4. The molecule has 0 aliphatic rings. The molecule has 0 saturated heterocycles. The summed E-state index contributed by atoms with van der Waals surface area (Å²) in [7, 11) is 0. The lowest BCUT2D eigenvalue weighted by atomic mass is 10.0. The first-order chi connectivity index (χ1) is 22.5. The van der Waals surface area contributed by atoms with E-state index in [1.807, 2.05) is 91.0 Å². The number of rotatable bonds is 13. The fourth-order valence-corrected chi connectivity index (χ4v) is 4.75. The quantitative estimate of drug-likeness (QED) is 0.182. The maximum absolute atomic E-state index is 13.8. The van der Waals surface area contributed by atoms with Crippen LogP contribution in [0.5, 0.6) is 0 Å². The molecule has 2 atom stereocenters. The van der Waals surface area contributed by atoms with Gasteiger partial charge in [0.2, 0.25) is 5.91 Å². The SMILES string of the molecule is O=C(CCC(NC(=O)C(Cc1ccccc1)NC(=O)OCc1ccccc1)C(=O)n1nnc2ccccc21)OCc1ccccc1. The molecule has 11 heteroatoms. The summed E-state index contributed by atoms with van der Waals surface area (Å²) in [6.07, 6.45) is -0.913. The second-order valence-corrected chi connectivity index (χ2v) is 10.5. The first kappa shape index (κ1) is 31.6. The number of nitrogens with zero attached hydrogens (tertiary/aromatic N) is 3. The summed E-state index contributed by atoms with van der Waals surface area (Å²) in [6, 6.07) is 32.1. The summed E-state index contributed by atoms with van der Waals surface area (Å²) in [6.45, 7) is 0.0877. The Labute approximate surface area is 265 Å². The van der Waals surface area contributed by atoms with E-state index in [1.165, 1.54) is 0 Å². The molecule has 0 bridgehead atoms. The lowest BCUT2D eigenvalue weighted by Crippen LogP contribution is -2.53. The fourth-order valence-electron chi connectivity index (χ4n) is 4.75. The van der Waals surface area contributed by atoms with Crippen molar-refractivity contribution in [2.24, 2.45) is 0 Å². The van der Waals surface area contributed by atoms with Crippen LogP contribution in [0.1, 0.15) is 34.3 Å². The van der Waals surface area contributed by atoms with Gasteiger partial charge in [-0.25, -0.2) is 4.79 Å². The van der Waals surface area contributed by atoms with Gasteiger partial charge in [-0.05, 0) is 35.2 Å². The monoisotopic (exact) mass is 619 g/mol. The number of carbonyl (C=O) groups is 4. The Morgan fingerprint density at radius 1 is 0.652 bits per heavy atom. The number of benzene rings is 4. The zero-order valence-corrected chi connectivity index (χ0v) is 25.0. The van der Waals surface area contributed by atoms with Crippen LogP contribution in [-0.4, -0.2) is 51.0 Å². The number of ether oxygens (including phenoxy) is 2. The first-order valence-corrected chi connectivity index (χ1v) is 14.8. The van der Waals surface area contributed by atoms with Crippen molar-refractivity contribution in [1.29, 1.82) is 0 Å². The zero-order chi connectivity index (χ0) is 32.1. The number of amides is 2. The summed E-state index contributed by atoms with van der Waals surface area (Å²) < 4.78 is 11.9. The fraction of sp³-hybridized carbons (Fsp3) is 0.200. The van der Waals surface area contributed by atoms with Crippen LogP contribution in [0.2, 0.25) is 0 Å². The molecule has 0 fully saturated rings. The third-order valence-corrected chi connectivity index (χ3v) is 7.16. The predicted molar refractivity (Wildman–Crippen MR) is 169 cm³/mol. The van der Waals surface area contributed by atoms with Gasteiger partial charge < -0.3 is 20.1 Å². The Morgan fingerprint density at radius 3 is 1.87 bits per heavy atom. The summed E-state index contributed by atoms with van der Waals surface area (Å²) in [5.74, 6) is -1.77. The molecule has 0 saturated carbocycles. The molecule has 4 aromatic carbocycles. The van der Waals surface area contributed by atoms with Gasteiger partial charge in [0.1, 0.15) is 30.8 Å². The summed E-state index contributed by atoms with van der Waals surface area (Å²) in [5.41, 5.74) is 3.32. The van der Waals surface area contributed by atoms with Crippen LogP contribution in [0.4, 0.5) is 4.79 Å². The first-order valence-electron chi connectivity index (χ1n) is 14.8. The van der Waals surface area contributed by atoms with Crippen LogP contribution in [-0.2, 0) is 38.7 Å². The van der Waals surface area contributed by atoms with Crippen molar-refractivity contribution in [3.8, 4) is 0 Å². The molecule has 0 aliphatic heterocycles. The Bertz CT molecular complexity index is 1760. The molecular formula is C35H33N5O6. The number of hydrogen-bond donors (Lipinski definition) is 2. The molecule has 234 valence electrons. The van der Waals surface area contributed by atoms with Gasteiger partial charge in [0, 0.05) is 12.8 Å². The molecule has 2 N–H and O–H groups in total. The molecular weight excluding hydrogens is 586 g/mol. The number of fused-ring (bicyclic) bond motifs is 1. The van der Waals surface area contributed by atoms with E-state index in [1.54, 1.807) is 24.3 Å². The van der Waals surface area contributed by atoms with Crippen LogP contribution in [0.25, 0.3) is 11.0 Å². The van der Waals surface area contributed by atoms with E-state index in [-0.39, 0.29) is 32.5 Å². The van der Waals surface area contributed by atoms with Gasteiger partial charge in [0.15, 0.2) is 0 Å². The van der Waals surface area contributed by atoms with Crippen molar-refractivity contribution in [3.05, 3.63) is 132 Å². The molecule has 0 spiro atoms. The van der Waals surface area contributed by atoms with Gasteiger partial charge in [-0.1, -0.05) is 108 Å². The molecule has 5 aromatic rings. The van der Waals surface area contributed by atoms with Gasteiger partial charge in [-0.15, -0.1) is 5.10 Å². The van der Waals surface area contributed by atoms with Crippen molar-refractivity contribution in [1.82, 2.24) is 25.6 Å². The highest BCUT2D eigenvalue weighted by molar-refractivity contribution is 5.96. The highest BCUT2D eigenvalue weighted by Gasteiger charge is 2.30. The number of hydrogen-bond acceptors (Lipinski definition) is 8. The smallest absolute Gasteiger partial charge is 0.408 e. The average Bonchev–Trinajstić information content (AvgIpc) is 3.53. The minimum atomic E-state index is -1.19. The van der Waals surface area contributed by atoms with Gasteiger partial charge >= 0.3 is 12.1 Å². The van der Waals surface area contributed by atoms with Crippen molar-refractivity contribution in [3.63, 3.8) is 0 Å². The topological polar surface area (TPSA) is 142 Å². The highest BCUT2D eigenvalue weighted by Crippen LogP contribution is 2.14. The number of aromatic nitrogens is 3. The molecule has 11 nitrogen and oxygen atoms in total.